The summed E-state index contributed by atoms with van der Waals surface area (Å²) in [6.45, 7) is 3.85. The van der Waals surface area contributed by atoms with Crippen LogP contribution in [0.1, 0.15) is 38.3 Å². The van der Waals surface area contributed by atoms with Crippen LogP contribution < -0.4 is 16.0 Å². The van der Waals surface area contributed by atoms with E-state index < -0.39 is 11.9 Å². The highest BCUT2D eigenvalue weighted by atomic mass is 127. The molecule has 3 N–H and O–H groups in total. The molecule has 10 heteroatoms. The van der Waals surface area contributed by atoms with Crippen molar-refractivity contribution in [1.82, 2.24) is 20.6 Å². The zero-order valence-electron chi connectivity index (χ0n) is 14.5. The molecule has 0 saturated heterocycles. The average Bonchev–Trinajstić information content (AvgIpc) is 2.56. The molecule has 0 amide bonds. The minimum Gasteiger partial charge on any atom is -0.356 e. The SMILES string of the molecule is CCCCCCNC(=NC)NCCNc1nccc(C(F)(F)F)n1.I. The molecule has 1 aromatic heterocycles. The van der Waals surface area contributed by atoms with Crippen LogP contribution in [0.5, 0.6) is 0 Å². The van der Waals surface area contributed by atoms with E-state index in [0.717, 1.165) is 25.2 Å². The van der Waals surface area contributed by atoms with Crippen LogP contribution in [0.25, 0.3) is 0 Å². The molecule has 0 spiro atoms. The van der Waals surface area contributed by atoms with Gasteiger partial charge in [-0.2, -0.15) is 13.2 Å². The Balaban J connectivity index is 0.00000576. The van der Waals surface area contributed by atoms with Crippen molar-refractivity contribution in [1.29, 1.82) is 0 Å². The number of aliphatic imine (C=N–C) groups is 1. The molecule has 1 rings (SSSR count). The summed E-state index contributed by atoms with van der Waals surface area (Å²) in [5.74, 6) is 0.618. The molecule has 0 bridgehead atoms. The molecule has 0 aliphatic carbocycles. The van der Waals surface area contributed by atoms with Crippen LogP contribution in [0.3, 0.4) is 0 Å². The molecule has 1 heterocycles. The summed E-state index contributed by atoms with van der Waals surface area (Å²) in [6.07, 6.45) is 1.27. The van der Waals surface area contributed by atoms with Gasteiger partial charge in [-0.25, -0.2) is 9.97 Å². The van der Waals surface area contributed by atoms with Crippen molar-refractivity contribution in [2.45, 2.75) is 38.8 Å². The molecule has 6 nitrogen and oxygen atoms in total. The number of guanidine groups is 1. The first-order chi connectivity index (χ1) is 11.5. The summed E-state index contributed by atoms with van der Waals surface area (Å²) < 4.78 is 37.6. The standard InChI is InChI=1S/C15H25F3N6.HI/c1-3-4-5-6-8-20-13(19-2)22-10-11-23-14-21-9-7-12(24-14)15(16,17)18;/h7,9H,3-6,8,10-11H2,1-2H3,(H2,19,20,22)(H,21,23,24);1H. The number of hydrogen-bond donors (Lipinski definition) is 3. The first-order valence-electron chi connectivity index (χ1n) is 8.06. The van der Waals surface area contributed by atoms with Crippen LogP contribution >= 0.6 is 24.0 Å². The summed E-state index contributed by atoms with van der Waals surface area (Å²) in [6, 6.07) is 0.841. The van der Waals surface area contributed by atoms with Gasteiger partial charge in [-0.15, -0.1) is 24.0 Å². The maximum atomic E-state index is 12.5. The predicted octanol–water partition coefficient (Wildman–Crippen LogP) is 3.27. The van der Waals surface area contributed by atoms with E-state index in [9.17, 15) is 13.2 Å². The highest BCUT2D eigenvalue weighted by molar-refractivity contribution is 14.0. The van der Waals surface area contributed by atoms with Gasteiger partial charge in [-0.1, -0.05) is 26.2 Å². The van der Waals surface area contributed by atoms with E-state index in [4.69, 9.17) is 0 Å². The fraction of sp³-hybridized carbons (Fsp3) is 0.667. The molecule has 0 radical (unpaired) electrons. The van der Waals surface area contributed by atoms with Crippen molar-refractivity contribution < 1.29 is 13.2 Å². The smallest absolute Gasteiger partial charge is 0.356 e. The third-order valence-electron chi connectivity index (χ3n) is 3.19. The quantitative estimate of drug-likeness (QED) is 0.222. The van der Waals surface area contributed by atoms with E-state index in [1.54, 1.807) is 7.05 Å². The van der Waals surface area contributed by atoms with Gasteiger partial charge in [0.15, 0.2) is 5.96 Å². The molecule has 0 aliphatic rings. The van der Waals surface area contributed by atoms with Crippen LogP contribution in [-0.4, -0.2) is 42.6 Å². The molecule has 25 heavy (non-hydrogen) atoms. The molecule has 0 aliphatic heterocycles. The zero-order chi connectivity index (χ0) is 17.8. The van der Waals surface area contributed by atoms with E-state index in [1.807, 2.05) is 0 Å². The van der Waals surface area contributed by atoms with Gasteiger partial charge in [0.05, 0.1) is 0 Å². The maximum absolute atomic E-state index is 12.5. The highest BCUT2D eigenvalue weighted by Crippen LogP contribution is 2.27. The topological polar surface area (TPSA) is 74.2 Å². The third-order valence-corrected chi connectivity index (χ3v) is 3.19. The van der Waals surface area contributed by atoms with E-state index in [2.05, 4.69) is 37.8 Å². The second-order valence-corrected chi connectivity index (χ2v) is 5.18. The molecule has 0 fully saturated rings. The van der Waals surface area contributed by atoms with E-state index in [-0.39, 0.29) is 29.9 Å². The Kier molecular flexibility index (Phi) is 12.3. The number of rotatable bonds is 9. The Hall–Kier alpha value is -1.33. The third kappa shape index (κ3) is 10.3. The highest BCUT2D eigenvalue weighted by Gasteiger charge is 2.32. The summed E-state index contributed by atoms with van der Waals surface area (Å²) in [5.41, 5.74) is -0.961. The molecule has 0 atom stereocenters. The number of nitrogens with one attached hydrogen (secondary N) is 3. The van der Waals surface area contributed by atoms with Crippen LogP contribution in [0.4, 0.5) is 19.1 Å². The van der Waals surface area contributed by atoms with Gasteiger partial charge < -0.3 is 16.0 Å². The molecule has 0 unspecified atom stereocenters. The van der Waals surface area contributed by atoms with E-state index in [1.165, 1.54) is 19.3 Å². The summed E-state index contributed by atoms with van der Waals surface area (Å²) in [7, 11) is 1.67. The van der Waals surface area contributed by atoms with Gasteiger partial charge in [0.25, 0.3) is 0 Å². The molecular formula is C15H26F3IN6. The zero-order valence-corrected chi connectivity index (χ0v) is 16.8. The fourth-order valence-electron chi connectivity index (χ4n) is 1.94. The largest absolute Gasteiger partial charge is 0.433 e. The van der Waals surface area contributed by atoms with Crippen molar-refractivity contribution in [3.8, 4) is 0 Å². The van der Waals surface area contributed by atoms with Gasteiger partial charge >= 0.3 is 6.18 Å². The lowest BCUT2D eigenvalue weighted by atomic mass is 10.2. The Morgan fingerprint density at radius 3 is 2.48 bits per heavy atom. The lowest BCUT2D eigenvalue weighted by Gasteiger charge is -2.12. The van der Waals surface area contributed by atoms with E-state index in [0.29, 0.717) is 19.0 Å². The summed E-state index contributed by atoms with van der Waals surface area (Å²) in [5, 5.41) is 9.01. The first-order valence-corrected chi connectivity index (χ1v) is 8.06. The lowest BCUT2D eigenvalue weighted by Crippen LogP contribution is -2.40. The average molecular weight is 474 g/mol. The summed E-state index contributed by atoms with van der Waals surface area (Å²) >= 11 is 0. The van der Waals surface area contributed by atoms with Crippen LogP contribution in [0, 0.1) is 0 Å². The Morgan fingerprint density at radius 1 is 1.12 bits per heavy atom. The van der Waals surface area contributed by atoms with Gasteiger partial charge in [0, 0.05) is 32.9 Å². The Labute approximate surface area is 163 Å². The fourth-order valence-corrected chi connectivity index (χ4v) is 1.94. The van der Waals surface area contributed by atoms with Gasteiger partial charge in [-0.3, -0.25) is 4.99 Å². The number of alkyl halides is 3. The second-order valence-electron chi connectivity index (χ2n) is 5.18. The first kappa shape index (κ1) is 23.7. The Morgan fingerprint density at radius 2 is 1.84 bits per heavy atom. The van der Waals surface area contributed by atoms with Crippen molar-refractivity contribution >= 4 is 35.9 Å². The predicted molar refractivity (Wildman–Crippen MR) is 104 cm³/mol. The number of halogens is 4. The van der Waals surface area contributed by atoms with E-state index >= 15 is 0 Å². The number of nitrogens with zero attached hydrogens (tertiary/aromatic N) is 3. The summed E-state index contributed by atoms with van der Waals surface area (Å²) in [4.78, 5) is 11.3. The van der Waals surface area contributed by atoms with Gasteiger partial charge in [0.1, 0.15) is 5.69 Å². The van der Waals surface area contributed by atoms with Crippen molar-refractivity contribution in [3.63, 3.8) is 0 Å². The van der Waals surface area contributed by atoms with Crippen LogP contribution in [0.2, 0.25) is 0 Å². The number of unbranched alkanes of at least 4 members (excludes halogenated alkanes) is 3. The number of aromatic nitrogens is 2. The van der Waals surface area contributed by atoms with Crippen LogP contribution in [0.15, 0.2) is 17.3 Å². The lowest BCUT2D eigenvalue weighted by molar-refractivity contribution is -0.141. The van der Waals surface area contributed by atoms with Crippen molar-refractivity contribution in [3.05, 3.63) is 18.0 Å². The van der Waals surface area contributed by atoms with Gasteiger partial charge in [-0.05, 0) is 12.5 Å². The normalized spacial score (nSPS) is 11.6. The van der Waals surface area contributed by atoms with Crippen molar-refractivity contribution in [2.75, 3.05) is 32.0 Å². The number of hydrogen-bond acceptors (Lipinski definition) is 4. The maximum Gasteiger partial charge on any atom is 0.433 e. The van der Waals surface area contributed by atoms with Crippen LogP contribution in [-0.2, 0) is 6.18 Å². The Bertz CT molecular complexity index is 510. The monoisotopic (exact) mass is 474 g/mol. The minimum atomic E-state index is -4.47. The van der Waals surface area contributed by atoms with Crippen molar-refractivity contribution in [2.24, 2.45) is 4.99 Å². The second kappa shape index (κ2) is 13.0. The van der Waals surface area contributed by atoms with Gasteiger partial charge in [0.2, 0.25) is 5.95 Å². The molecule has 1 aromatic rings. The number of anilines is 1. The molecule has 0 saturated carbocycles. The minimum absolute atomic E-state index is 0. The molecule has 0 aromatic carbocycles. The molecular weight excluding hydrogens is 448 g/mol. The molecule has 144 valence electrons.